The van der Waals surface area contributed by atoms with Crippen LogP contribution in [0.25, 0.3) is 10.2 Å². The summed E-state index contributed by atoms with van der Waals surface area (Å²) in [7, 11) is 0. The molecular formula is C19H26N3OS+. The number of para-hydroxylation sites is 1. The second-order valence-corrected chi connectivity index (χ2v) is 8.48. The summed E-state index contributed by atoms with van der Waals surface area (Å²) in [6.07, 6.45) is 4.84. The molecule has 1 saturated heterocycles. The van der Waals surface area contributed by atoms with E-state index >= 15 is 0 Å². The van der Waals surface area contributed by atoms with E-state index in [-0.39, 0.29) is 5.91 Å². The summed E-state index contributed by atoms with van der Waals surface area (Å²) in [4.78, 5) is 18.4. The van der Waals surface area contributed by atoms with Crippen LogP contribution in [0, 0.1) is 5.92 Å². The maximum Gasteiger partial charge on any atom is 0.275 e. The number of carbonyl (C=O) groups is 1. The number of nitrogens with one attached hydrogen (secondary N) is 2. The molecule has 24 heavy (non-hydrogen) atoms. The number of quaternary nitrogens is 1. The lowest BCUT2D eigenvalue weighted by atomic mass is 9.97. The van der Waals surface area contributed by atoms with Crippen LogP contribution >= 0.6 is 11.3 Å². The van der Waals surface area contributed by atoms with Crippen LogP contribution in [0.5, 0.6) is 0 Å². The summed E-state index contributed by atoms with van der Waals surface area (Å²) in [6.45, 7) is 4.92. The number of benzene rings is 1. The second-order valence-electron chi connectivity index (χ2n) is 7.41. The Hall–Kier alpha value is -1.46. The minimum Gasteiger partial charge on any atom is -0.348 e. The fourth-order valence-electron chi connectivity index (χ4n) is 3.76. The molecule has 5 heteroatoms. The fourth-order valence-corrected chi connectivity index (χ4v) is 4.90. The minimum atomic E-state index is 0.225. The van der Waals surface area contributed by atoms with E-state index in [1.807, 2.05) is 11.3 Å². The van der Waals surface area contributed by atoms with Crippen LogP contribution in [-0.2, 0) is 4.79 Å². The van der Waals surface area contributed by atoms with Crippen LogP contribution in [0.3, 0.4) is 0 Å². The third-order valence-corrected chi connectivity index (χ3v) is 6.68. The molecule has 2 N–H and O–H groups in total. The lowest BCUT2D eigenvalue weighted by molar-refractivity contribution is -0.897. The van der Waals surface area contributed by atoms with Crippen LogP contribution in [0.4, 0.5) is 0 Å². The highest BCUT2D eigenvalue weighted by Crippen LogP contribution is 2.32. The van der Waals surface area contributed by atoms with Gasteiger partial charge < -0.3 is 10.2 Å². The van der Waals surface area contributed by atoms with Crippen molar-refractivity contribution in [3.63, 3.8) is 0 Å². The number of fused-ring (bicyclic) bond motifs is 1. The molecule has 2 heterocycles. The third kappa shape index (κ3) is 3.62. The zero-order chi connectivity index (χ0) is 16.5. The van der Waals surface area contributed by atoms with Crippen molar-refractivity contribution in [3.05, 3.63) is 29.3 Å². The first-order valence-electron chi connectivity index (χ1n) is 9.17. The molecule has 0 radical (unpaired) electrons. The monoisotopic (exact) mass is 344 g/mol. The maximum atomic E-state index is 12.2. The van der Waals surface area contributed by atoms with Gasteiger partial charge in [-0.15, -0.1) is 11.3 Å². The normalized spacial score (nSPS) is 25.5. The molecule has 1 amide bonds. The van der Waals surface area contributed by atoms with Crippen molar-refractivity contribution >= 4 is 27.5 Å². The molecule has 1 aromatic carbocycles. The lowest BCUT2D eigenvalue weighted by Crippen LogP contribution is -3.14. The van der Waals surface area contributed by atoms with Crippen LogP contribution in [0.15, 0.2) is 24.3 Å². The number of carbonyl (C=O) groups excluding carboxylic acids is 1. The van der Waals surface area contributed by atoms with Crippen molar-refractivity contribution in [3.8, 4) is 0 Å². The molecule has 1 atom stereocenters. The van der Waals surface area contributed by atoms with Gasteiger partial charge in [-0.1, -0.05) is 12.1 Å². The van der Waals surface area contributed by atoms with Gasteiger partial charge in [0.25, 0.3) is 5.91 Å². The first-order chi connectivity index (χ1) is 11.7. The third-order valence-electron chi connectivity index (χ3n) is 5.48. The van der Waals surface area contributed by atoms with E-state index in [0.717, 1.165) is 37.4 Å². The molecule has 4 nitrogen and oxygen atoms in total. The van der Waals surface area contributed by atoms with Gasteiger partial charge in [0.05, 0.1) is 28.3 Å². The number of piperidine rings is 1. The van der Waals surface area contributed by atoms with Gasteiger partial charge in [0, 0.05) is 24.8 Å². The SMILES string of the molecule is C[C@@H](NC(=O)C[NH+]1CCC(c2nc3ccccc3s2)CC1)C1CC1. The fraction of sp³-hybridized carbons (Fsp3) is 0.579. The highest BCUT2D eigenvalue weighted by Gasteiger charge is 2.31. The van der Waals surface area contributed by atoms with Crippen molar-refractivity contribution in [2.24, 2.45) is 5.92 Å². The Labute approximate surface area is 147 Å². The Morgan fingerprint density at radius 3 is 2.75 bits per heavy atom. The number of likely N-dealkylation sites (tertiary alicyclic amines) is 1. The van der Waals surface area contributed by atoms with E-state index in [4.69, 9.17) is 4.98 Å². The number of hydrogen-bond acceptors (Lipinski definition) is 3. The number of thiazole rings is 1. The van der Waals surface area contributed by atoms with Gasteiger partial charge in [0.15, 0.2) is 6.54 Å². The van der Waals surface area contributed by atoms with E-state index in [0.29, 0.717) is 18.5 Å². The molecule has 1 aromatic heterocycles. The van der Waals surface area contributed by atoms with Crippen molar-refractivity contribution in [1.82, 2.24) is 10.3 Å². The lowest BCUT2D eigenvalue weighted by Gasteiger charge is -2.28. The minimum absolute atomic E-state index is 0.225. The summed E-state index contributed by atoms with van der Waals surface area (Å²) in [5.74, 6) is 1.52. The zero-order valence-electron chi connectivity index (χ0n) is 14.3. The Morgan fingerprint density at radius 2 is 2.04 bits per heavy atom. The van der Waals surface area contributed by atoms with Gasteiger partial charge in [0.2, 0.25) is 0 Å². The molecule has 4 rings (SSSR count). The average molecular weight is 345 g/mol. The Balaban J connectivity index is 1.29. The van der Waals surface area contributed by atoms with Crippen LogP contribution in [0.1, 0.15) is 43.5 Å². The van der Waals surface area contributed by atoms with E-state index in [2.05, 4.69) is 36.5 Å². The topological polar surface area (TPSA) is 46.4 Å². The number of nitrogens with zero attached hydrogens (tertiary/aromatic N) is 1. The van der Waals surface area contributed by atoms with Crippen molar-refractivity contribution in [1.29, 1.82) is 0 Å². The highest BCUT2D eigenvalue weighted by molar-refractivity contribution is 7.18. The molecule has 1 saturated carbocycles. The first kappa shape index (κ1) is 16.0. The number of rotatable bonds is 5. The van der Waals surface area contributed by atoms with Crippen molar-refractivity contribution < 1.29 is 9.69 Å². The molecule has 0 unspecified atom stereocenters. The molecular weight excluding hydrogens is 318 g/mol. The molecule has 1 aliphatic heterocycles. The van der Waals surface area contributed by atoms with E-state index in [1.165, 1.54) is 27.4 Å². The van der Waals surface area contributed by atoms with Gasteiger partial charge in [-0.2, -0.15) is 0 Å². The molecule has 1 aliphatic carbocycles. The average Bonchev–Trinajstić information content (AvgIpc) is 3.34. The van der Waals surface area contributed by atoms with Crippen LogP contribution in [-0.4, -0.2) is 36.6 Å². The predicted octanol–water partition coefficient (Wildman–Crippen LogP) is 1.97. The van der Waals surface area contributed by atoms with E-state index in [9.17, 15) is 4.79 Å². The number of amides is 1. The van der Waals surface area contributed by atoms with E-state index in [1.54, 1.807) is 0 Å². The molecule has 0 spiro atoms. The largest absolute Gasteiger partial charge is 0.348 e. The Morgan fingerprint density at radius 1 is 1.29 bits per heavy atom. The molecule has 2 aliphatic rings. The van der Waals surface area contributed by atoms with Crippen molar-refractivity contribution in [2.75, 3.05) is 19.6 Å². The predicted molar refractivity (Wildman–Crippen MR) is 97.5 cm³/mol. The molecule has 2 aromatic rings. The van der Waals surface area contributed by atoms with Gasteiger partial charge in [-0.25, -0.2) is 4.98 Å². The summed E-state index contributed by atoms with van der Waals surface area (Å²) in [5.41, 5.74) is 1.13. The maximum absolute atomic E-state index is 12.2. The zero-order valence-corrected chi connectivity index (χ0v) is 15.1. The van der Waals surface area contributed by atoms with Gasteiger partial charge >= 0.3 is 0 Å². The summed E-state index contributed by atoms with van der Waals surface area (Å²) in [6, 6.07) is 8.75. The summed E-state index contributed by atoms with van der Waals surface area (Å²) in [5, 5.41) is 4.46. The Bertz CT molecular complexity index is 683. The molecule has 0 bridgehead atoms. The molecule has 2 fully saturated rings. The molecule has 128 valence electrons. The highest BCUT2D eigenvalue weighted by atomic mass is 32.1. The Kier molecular flexibility index (Phi) is 4.55. The summed E-state index contributed by atoms with van der Waals surface area (Å²) < 4.78 is 1.29. The second kappa shape index (κ2) is 6.81. The first-order valence-corrected chi connectivity index (χ1v) is 9.99. The van der Waals surface area contributed by atoms with Crippen LogP contribution in [0.2, 0.25) is 0 Å². The van der Waals surface area contributed by atoms with Gasteiger partial charge in [0.1, 0.15) is 0 Å². The van der Waals surface area contributed by atoms with E-state index < -0.39 is 0 Å². The van der Waals surface area contributed by atoms with Crippen LogP contribution < -0.4 is 10.2 Å². The number of aromatic nitrogens is 1. The van der Waals surface area contributed by atoms with Gasteiger partial charge in [-0.05, 0) is 37.8 Å². The standard InChI is InChI=1S/C19H25N3OS/c1-13(14-6-7-14)20-18(23)12-22-10-8-15(9-11-22)19-21-16-4-2-3-5-17(16)24-19/h2-5,13-15H,6-12H2,1H3,(H,20,23)/p+1/t13-/m1/s1. The van der Waals surface area contributed by atoms with Crippen molar-refractivity contribution in [2.45, 2.75) is 44.6 Å². The quantitative estimate of drug-likeness (QED) is 0.871. The van der Waals surface area contributed by atoms with Gasteiger partial charge in [-0.3, -0.25) is 4.79 Å². The smallest absolute Gasteiger partial charge is 0.275 e. The number of hydrogen-bond donors (Lipinski definition) is 2. The summed E-state index contributed by atoms with van der Waals surface area (Å²) >= 11 is 1.84.